The summed E-state index contributed by atoms with van der Waals surface area (Å²) in [5.41, 5.74) is -5.70. The number of ether oxygens (including phenoxy) is 12. The molecule has 19 aliphatic rings. The second-order valence-electron chi connectivity index (χ2n) is 57.3. The van der Waals surface area contributed by atoms with Crippen LogP contribution in [0, 0.1) is 142 Å². The van der Waals surface area contributed by atoms with Gasteiger partial charge in [-0.3, -0.25) is 62.3 Å². The van der Waals surface area contributed by atoms with E-state index >= 15 is 0 Å². The van der Waals surface area contributed by atoms with Crippen LogP contribution in [0.1, 0.15) is 493 Å². The normalized spacial score (nSPS) is 32.0. The van der Waals surface area contributed by atoms with E-state index in [1.165, 1.54) is 83.5 Å². The van der Waals surface area contributed by atoms with Crippen LogP contribution in [0.4, 0.5) is 0 Å². The molecule has 0 aromatic carbocycles. The Hall–Kier alpha value is -6.89. The average Bonchev–Trinajstić information content (AvgIpc) is 1.54. The summed E-state index contributed by atoms with van der Waals surface area (Å²) in [6.45, 7) is 70.3. The van der Waals surface area contributed by atoms with E-state index in [0.29, 0.717) is 60.2 Å². The van der Waals surface area contributed by atoms with Gasteiger partial charge in [-0.25, -0.2) is 0 Å². The van der Waals surface area contributed by atoms with E-state index in [4.69, 9.17) is 61.9 Å². The number of hydrogen-bond donors (Lipinski definition) is 1. The lowest BCUT2D eigenvalue weighted by Crippen LogP contribution is -2.61. The molecule has 3 heterocycles. The maximum atomic E-state index is 13.0. The summed E-state index contributed by atoms with van der Waals surface area (Å²) in [5, 5.41) is 8.44. The number of carboxylic acid groups (broad SMARTS) is 1. The minimum atomic E-state index is -0.722. The molecule has 0 aromatic heterocycles. The van der Waals surface area contributed by atoms with Crippen LogP contribution in [0.25, 0.3) is 0 Å². The van der Waals surface area contributed by atoms with Gasteiger partial charge in [0.2, 0.25) is 0 Å². The third kappa shape index (κ3) is 30.0. The molecule has 17 unspecified atom stereocenters. The summed E-state index contributed by atoms with van der Waals surface area (Å²) in [6.07, 6.45) is 37.7. The Morgan fingerprint density at radius 3 is 0.913 bits per heavy atom. The smallest absolute Gasteiger partial charge is 0.312 e. The lowest BCUT2D eigenvalue weighted by molar-refractivity contribution is -0.222. The number of fused-ring (bicyclic) bond motifs is 3. The Kier molecular flexibility index (Phi) is 41.1. The quantitative estimate of drug-likeness (QED) is 0.0561. The summed E-state index contributed by atoms with van der Waals surface area (Å²) >= 11 is 0. The van der Waals surface area contributed by atoms with Crippen LogP contribution in [0.3, 0.4) is 0 Å². The molecule has 26 heteroatoms. The van der Waals surface area contributed by atoms with Gasteiger partial charge in [-0.1, -0.05) is 82.1 Å². The first-order valence-electron chi connectivity index (χ1n) is 58.9. The summed E-state index contributed by atoms with van der Waals surface area (Å²) < 4.78 is 67.8. The van der Waals surface area contributed by atoms with Crippen LogP contribution in [-0.4, -0.2) is 153 Å². The Balaban J connectivity index is 0.000000190. The highest BCUT2D eigenvalue weighted by Gasteiger charge is 2.69. The van der Waals surface area contributed by atoms with Crippen molar-refractivity contribution in [1.82, 2.24) is 0 Å². The van der Waals surface area contributed by atoms with Crippen LogP contribution in [0.15, 0.2) is 0 Å². The second kappa shape index (κ2) is 48.7. The van der Waals surface area contributed by atoms with Gasteiger partial charge in [0.05, 0.1) is 71.9 Å². The summed E-state index contributed by atoms with van der Waals surface area (Å²) in [7, 11) is 0. The van der Waals surface area contributed by atoms with Gasteiger partial charge < -0.3 is 61.9 Å². The van der Waals surface area contributed by atoms with Crippen molar-refractivity contribution in [1.29, 1.82) is 0 Å². The Morgan fingerprint density at radius 2 is 0.607 bits per heavy atom. The van der Waals surface area contributed by atoms with E-state index in [0.717, 1.165) is 165 Å². The molecular weight excluding hydrogens is 1910 g/mol. The lowest BCUT2D eigenvalue weighted by Gasteiger charge is -2.61. The van der Waals surface area contributed by atoms with Crippen molar-refractivity contribution in [2.24, 2.45) is 142 Å². The summed E-state index contributed by atoms with van der Waals surface area (Å²) in [4.78, 5) is 155. The fourth-order valence-corrected chi connectivity index (χ4v) is 25.9. The largest absolute Gasteiger partial charge is 0.481 e. The van der Waals surface area contributed by atoms with Crippen LogP contribution in [0.2, 0.25) is 0 Å². The topological polar surface area (TPSA) is 353 Å². The summed E-state index contributed by atoms with van der Waals surface area (Å²) in [6, 6.07) is 0. The molecule has 1 N–H and O–H groups in total. The molecule has 0 spiro atoms. The van der Waals surface area contributed by atoms with Crippen LogP contribution in [-0.2, 0) is 119 Å². The van der Waals surface area contributed by atoms with Gasteiger partial charge in [0, 0.05) is 47.3 Å². The third-order valence-corrected chi connectivity index (χ3v) is 39.7. The first kappa shape index (κ1) is 127. The van der Waals surface area contributed by atoms with Crippen LogP contribution in [0.5, 0.6) is 0 Å². The van der Waals surface area contributed by atoms with Gasteiger partial charge in [-0.2, -0.15) is 0 Å². The molecule has 19 rings (SSSR count). The number of carbonyl (C=O) groups is 13. The zero-order valence-corrected chi connectivity index (χ0v) is 100. The lowest BCUT2D eigenvalue weighted by atomic mass is 9.46. The predicted molar refractivity (Wildman–Crippen MR) is 576 cm³/mol. The van der Waals surface area contributed by atoms with Crippen molar-refractivity contribution in [3.8, 4) is 0 Å². The molecule has 16 saturated carbocycles. The molecule has 0 radical (unpaired) electrons. The number of aliphatic carboxylic acids is 1. The summed E-state index contributed by atoms with van der Waals surface area (Å²) in [5.74, 6) is 3.93. The molecule has 26 nitrogen and oxygen atoms in total. The van der Waals surface area contributed by atoms with E-state index in [1.54, 1.807) is 13.8 Å². The van der Waals surface area contributed by atoms with Crippen molar-refractivity contribution < 1.29 is 124 Å². The molecule has 0 amide bonds. The fourth-order valence-electron chi connectivity index (χ4n) is 25.9. The van der Waals surface area contributed by atoms with Crippen molar-refractivity contribution in [2.45, 2.75) is 564 Å². The molecule has 17 atom stereocenters. The highest BCUT2D eigenvalue weighted by atomic mass is 16.6. The van der Waals surface area contributed by atoms with Crippen LogP contribution >= 0.6 is 0 Å². The van der Waals surface area contributed by atoms with Gasteiger partial charge in [0.25, 0.3) is 0 Å². The molecule has 0 aromatic rings. The minimum Gasteiger partial charge on any atom is -0.481 e. The highest BCUT2D eigenvalue weighted by Crippen LogP contribution is 2.67. The van der Waals surface area contributed by atoms with Crippen molar-refractivity contribution in [3.05, 3.63) is 0 Å². The fraction of sp³-hybridized carbons (Fsp3) is 0.895. The van der Waals surface area contributed by atoms with E-state index < -0.39 is 49.7 Å². The predicted octanol–water partition coefficient (Wildman–Crippen LogP) is 27.0. The zero-order valence-electron chi connectivity index (χ0n) is 100. The Labute approximate surface area is 903 Å². The van der Waals surface area contributed by atoms with E-state index in [-0.39, 0.29) is 176 Å². The molecule has 19 fully saturated rings. The van der Waals surface area contributed by atoms with E-state index in [2.05, 4.69) is 27.7 Å². The van der Waals surface area contributed by atoms with Crippen molar-refractivity contribution >= 4 is 77.6 Å². The number of carbonyl (C=O) groups excluding carboxylic acids is 12. The maximum absolute atomic E-state index is 13.0. The monoisotopic (exact) mass is 2110 g/mol. The standard InChI is InChI=1S/C21H34O4.C19H32O2.3C14H20O4.C14H26O2.C12H22O2.C10H20O2.C6H12O2/c1-7-19(5,6)16(22)25-21-11-14-8-15(12-21)10-20(9-14,13-21)17(23)24-18(2,3)4;1-6-17(2,3)16(20)21-18(4,5)19-10-13-7-14(11-19)9-15(8-13)12-19;3*1-4-14(2,3)13(16)18-10-7-5-8-9(6-7)12(15)17-11(8)10;1-5-13(3,4)12(15)16-14(6-2)10-8-7-9-11-14;1-4-12(2,3)11(13)14-10-8-6-5-7-9-10;1-7-10(5,6)8(11)12-9(2,3)4;1-4-6(2,3)5(7)8/h14-15H,7-13H2,1-6H3;13-15H,6-12H2,1-5H3;3*7-11H,4-6H2,1-3H3;5-11H2,1-4H3;10H,4-9H2,1-3H3;7H2,1-6H3;4H2,1-3H3,(H,7,8). The maximum Gasteiger partial charge on any atom is 0.312 e. The van der Waals surface area contributed by atoms with Gasteiger partial charge >= 0.3 is 77.6 Å². The molecule has 14 bridgehead atoms. The van der Waals surface area contributed by atoms with Crippen molar-refractivity contribution in [3.63, 3.8) is 0 Å². The van der Waals surface area contributed by atoms with Gasteiger partial charge in [-0.05, 0) is 434 Å². The molecule has 3 aliphatic heterocycles. The third-order valence-electron chi connectivity index (χ3n) is 39.7. The average molecular weight is 2110 g/mol. The van der Waals surface area contributed by atoms with E-state index in [9.17, 15) is 62.3 Å². The first-order valence-corrected chi connectivity index (χ1v) is 58.9. The number of rotatable bonds is 28. The number of carboxylic acids is 1. The SMILES string of the molecule is CCC(C)(C)C(=O)O.CCC(C)(C)C(=O)OC(C)(C)C.CCC(C)(C)C(=O)OC(C)(C)C12CC3CC(CC(C3)C1)C2.CCC(C)(C)C(=O)OC12CC3CC(C1)CC(C(=O)OC(C)(C)C)(C3)C2.CCC(C)(C)C(=O)OC1C2CC3C(=O)OC1C3C2.CCC(C)(C)C(=O)OC1C2CC3C(=O)OC1C3C2.CCC(C)(C)C(=O)OC1C2CC3C(=O)OC1C3C2.CCC(C)(C)C(=O)OC1CCCCC1.CCC1(OC(=O)C(C)(C)CC)CCCCC1. The van der Waals surface area contributed by atoms with Crippen molar-refractivity contribution in [2.75, 3.05) is 0 Å². The molecule has 858 valence electrons. The number of esters is 12. The van der Waals surface area contributed by atoms with Gasteiger partial charge in [0.1, 0.15) is 70.7 Å². The second-order valence-corrected chi connectivity index (χ2v) is 57.3. The van der Waals surface area contributed by atoms with E-state index in [1.807, 2.05) is 208 Å². The zero-order chi connectivity index (χ0) is 113. The highest BCUT2D eigenvalue weighted by molar-refractivity contribution is 5.83. The molecule has 16 aliphatic carbocycles. The van der Waals surface area contributed by atoms with Crippen LogP contribution < -0.4 is 0 Å². The molecule has 150 heavy (non-hydrogen) atoms. The molecule has 3 saturated heterocycles. The minimum absolute atomic E-state index is 0.00857. The first-order chi connectivity index (χ1) is 69.1. The molecular formula is C124H206O26. The number of hydrogen-bond acceptors (Lipinski definition) is 25. The van der Waals surface area contributed by atoms with Gasteiger partial charge in [0.15, 0.2) is 0 Å². The van der Waals surface area contributed by atoms with Gasteiger partial charge in [-0.15, -0.1) is 0 Å². The Bertz CT molecular complexity index is 4420. The Morgan fingerprint density at radius 1 is 0.313 bits per heavy atom.